The molecule has 0 unspecified atom stereocenters. The third kappa shape index (κ3) is 5.19. The highest BCUT2D eigenvalue weighted by Crippen LogP contribution is 2.57. The molecule has 1 fully saturated rings. The lowest BCUT2D eigenvalue weighted by molar-refractivity contribution is 0.437. The summed E-state index contributed by atoms with van der Waals surface area (Å²) in [6.07, 6.45) is 12.5. The maximum absolute atomic E-state index is 2.62. The van der Waals surface area contributed by atoms with Crippen molar-refractivity contribution in [2.45, 2.75) is 66.2 Å². The standard InChI is InChI=1S/C51H46/c1-33-23-25-43(35(3)49(33)37-15-7-5-8-16-37)45-21-13-19-39-29-41(31-47(39)45)51(27-11-12-28-51)42-30-40-20-14-22-46(48(40)32-42)44-26-24-34(2)50(36(44)4)38-17-9-6-10-18-38/h5-10,13-26,31-32H,11-12,27-30H2,1-4H3. The first-order valence-electron chi connectivity index (χ1n) is 18.9. The van der Waals surface area contributed by atoms with Gasteiger partial charge in [0.1, 0.15) is 0 Å². The fourth-order valence-corrected chi connectivity index (χ4v) is 10.0. The normalized spacial score (nSPS) is 15.8. The van der Waals surface area contributed by atoms with Crippen molar-refractivity contribution in [1.29, 1.82) is 0 Å². The summed E-state index contributed by atoms with van der Waals surface area (Å²) in [5, 5.41) is 0. The molecule has 3 aliphatic rings. The fourth-order valence-electron chi connectivity index (χ4n) is 10.0. The predicted octanol–water partition coefficient (Wildman–Crippen LogP) is 13.7. The van der Waals surface area contributed by atoms with E-state index in [4.69, 9.17) is 0 Å². The molecule has 51 heavy (non-hydrogen) atoms. The second-order valence-corrected chi connectivity index (χ2v) is 15.3. The first-order valence-corrected chi connectivity index (χ1v) is 18.9. The van der Waals surface area contributed by atoms with Gasteiger partial charge < -0.3 is 0 Å². The number of benzene rings is 6. The van der Waals surface area contributed by atoms with Gasteiger partial charge in [0.15, 0.2) is 0 Å². The second-order valence-electron chi connectivity index (χ2n) is 15.3. The van der Waals surface area contributed by atoms with E-state index in [0.29, 0.717) is 0 Å². The summed E-state index contributed by atoms with van der Waals surface area (Å²) in [7, 11) is 0. The van der Waals surface area contributed by atoms with E-state index in [1.165, 1.54) is 115 Å². The monoisotopic (exact) mass is 658 g/mol. The minimum absolute atomic E-state index is 0.127. The van der Waals surface area contributed by atoms with Gasteiger partial charge in [-0.25, -0.2) is 0 Å². The van der Waals surface area contributed by atoms with Crippen LogP contribution in [0.5, 0.6) is 0 Å². The van der Waals surface area contributed by atoms with Crippen LogP contribution < -0.4 is 0 Å². The van der Waals surface area contributed by atoms with Crippen LogP contribution in [0.1, 0.15) is 70.2 Å². The molecular weight excluding hydrogens is 613 g/mol. The number of hydrogen-bond donors (Lipinski definition) is 0. The zero-order chi connectivity index (χ0) is 34.7. The Morgan fingerprint density at radius 2 is 0.843 bits per heavy atom. The van der Waals surface area contributed by atoms with Gasteiger partial charge in [0, 0.05) is 5.41 Å². The van der Waals surface area contributed by atoms with E-state index in [2.05, 4.69) is 161 Å². The Balaban J connectivity index is 1.12. The molecule has 1 saturated carbocycles. The third-order valence-electron chi connectivity index (χ3n) is 12.5. The van der Waals surface area contributed by atoms with Crippen molar-refractivity contribution in [1.82, 2.24) is 0 Å². The highest BCUT2D eigenvalue weighted by molar-refractivity contribution is 5.89. The van der Waals surface area contributed by atoms with E-state index in [0.717, 1.165) is 12.8 Å². The topological polar surface area (TPSA) is 0 Å². The maximum atomic E-state index is 2.62. The molecule has 6 aromatic rings. The Hall–Kier alpha value is -5.20. The van der Waals surface area contributed by atoms with Crippen LogP contribution in [0.2, 0.25) is 0 Å². The molecule has 0 heteroatoms. The SMILES string of the molecule is Cc1ccc(-c2cccc3c2C=C(C2(C4=Cc5c(cccc5-c5ccc(C)c(-c6ccccc6)c5C)C4)CCCC2)C3)c(C)c1-c1ccccc1. The predicted molar refractivity (Wildman–Crippen MR) is 218 cm³/mol. The lowest BCUT2D eigenvalue weighted by Gasteiger charge is -2.33. The van der Waals surface area contributed by atoms with Crippen molar-refractivity contribution in [2.24, 2.45) is 5.41 Å². The van der Waals surface area contributed by atoms with Gasteiger partial charge in [-0.2, -0.15) is 0 Å². The Labute approximate surface area is 304 Å². The van der Waals surface area contributed by atoms with E-state index in [9.17, 15) is 0 Å². The van der Waals surface area contributed by atoms with Gasteiger partial charge in [-0.1, -0.05) is 157 Å². The molecule has 0 spiro atoms. The fraction of sp³-hybridized carbons (Fsp3) is 0.216. The van der Waals surface area contributed by atoms with E-state index >= 15 is 0 Å². The van der Waals surface area contributed by atoms with Crippen LogP contribution in [-0.4, -0.2) is 0 Å². The second kappa shape index (κ2) is 12.5. The molecule has 6 aromatic carbocycles. The average Bonchev–Trinajstić information content (AvgIpc) is 3.92. The Morgan fingerprint density at radius 3 is 1.27 bits per heavy atom. The third-order valence-corrected chi connectivity index (χ3v) is 12.5. The number of rotatable bonds is 6. The largest absolute Gasteiger partial charge is 0.0622 e. The minimum Gasteiger partial charge on any atom is -0.0622 e. The Morgan fingerprint density at radius 1 is 0.412 bits per heavy atom. The lowest BCUT2D eigenvalue weighted by Crippen LogP contribution is -2.22. The molecule has 9 rings (SSSR count). The van der Waals surface area contributed by atoms with Gasteiger partial charge in [-0.3, -0.25) is 0 Å². The van der Waals surface area contributed by atoms with Gasteiger partial charge in [-0.15, -0.1) is 0 Å². The van der Waals surface area contributed by atoms with Crippen LogP contribution >= 0.6 is 0 Å². The zero-order valence-electron chi connectivity index (χ0n) is 30.4. The highest BCUT2D eigenvalue weighted by Gasteiger charge is 2.43. The van der Waals surface area contributed by atoms with Crippen molar-refractivity contribution in [3.8, 4) is 44.5 Å². The molecule has 0 radical (unpaired) electrons. The number of hydrogen-bond acceptors (Lipinski definition) is 0. The van der Waals surface area contributed by atoms with E-state index in [-0.39, 0.29) is 5.41 Å². The first-order chi connectivity index (χ1) is 24.9. The smallest absolute Gasteiger partial charge is 0.0134 e. The quantitative estimate of drug-likeness (QED) is 0.167. The number of allylic oxidation sites excluding steroid dienone is 2. The zero-order valence-corrected chi connectivity index (χ0v) is 30.4. The van der Waals surface area contributed by atoms with Crippen molar-refractivity contribution in [3.63, 3.8) is 0 Å². The summed E-state index contributed by atoms with van der Waals surface area (Å²) in [4.78, 5) is 0. The van der Waals surface area contributed by atoms with Crippen LogP contribution in [0.15, 0.2) is 132 Å². The number of aryl methyl sites for hydroxylation is 2. The van der Waals surface area contributed by atoms with Crippen LogP contribution in [0.25, 0.3) is 56.7 Å². The molecule has 0 nitrogen and oxygen atoms in total. The molecule has 0 aliphatic heterocycles. The summed E-state index contributed by atoms with van der Waals surface area (Å²) in [6, 6.07) is 45.2. The van der Waals surface area contributed by atoms with Gasteiger partial charge in [-0.05, 0) is 142 Å². The molecule has 0 atom stereocenters. The minimum atomic E-state index is 0.127. The van der Waals surface area contributed by atoms with Crippen molar-refractivity contribution >= 4 is 12.2 Å². The van der Waals surface area contributed by atoms with Crippen molar-refractivity contribution in [3.05, 3.63) is 177 Å². The molecular formula is C51H46. The molecule has 0 aromatic heterocycles. The van der Waals surface area contributed by atoms with Crippen LogP contribution in [-0.2, 0) is 12.8 Å². The number of fused-ring (bicyclic) bond motifs is 2. The van der Waals surface area contributed by atoms with E-state index in [1.54, 1.807) is 11.1 Å². The maximum Gasteiger partial charge on any atom is 0.0134 e. The van der Waals surface area contributed by atoms with Gasteiger partial charge in [0.05, 0.1) is 0 Å². The van der Waals surface area contributed by atoms with E-state index < -0.39 is 0 Å². The van der Waals surface area contributed by atoms with Gasteiger partial charge in [0.25, 0.3) is 0 Å². The van der Waals surface area contributed by atoms with Gasteiger partial charge >= 0.3 is 0 Å². The summed E-state index contributed by atoms with van der Waals surface area (Å²) in [5.41, 5.74) is 25.4. The summed E-state index contributed by atoms with van der Waals surface area (Å²) in [6.45, 7) is 9.13. The molecule has 250 valence electrons. The summed E-state index contributed by atoms with van der Waals surface area (Å²) < 4.78 is 0. The Bertz CT molecular complexity index is 2210. The van der Waals surface area contributed by atoms with Crippen LogP contribution in [0, 0.1) is 33.1 Å². The van der Waals surface area contributed by atoms with Crippen LogP contribution in [0.3, 0.4) is 0 Å². The summed E-state index contributed by atoms with van der Waals surface area (Å²) >= 11 is 0. The molecule has 0 amide bonds. The van der Waals surface area contributed by atoms with E-state index in [1.807, 2.05) is 0 Å². The summed E-state index contributed by atoms with van der Waals surface area (Å²) in [5.74, 6) is 0. The first kappa shape index (κ1) is 31.8. The highest BCUT2D eigenvalue weighted by atomic mass is 14.5. The van der Waals surface area contributed by atoms with Gasteiger partial charge in [0.2, 0.25) is 0 Å². The van der Waals surface area contributed by atoms with Crippen molar-refractivity contribution in [2.75, 3.05) is 0 Å². The lowest BCUT2D eigenvalue weighted by atomic mass is 9.71. The molecule has 0 heterocycles. The molecule has 3 aliphatic carbocycles. The average molecular weight is 659 g/mol. The molecule has 0 saturated heterocycles. The Kier molecular flexibility index (Phi) is 7.81. The molecule has 0 N–H and O–H groups in total. The molecule has 0 bridgehead atoms. The van der Waals surface area contributed by atoms with Crippen LogP contribution in [0.4, 0.5) is 0 Å². The van der Waals surface area contributed by atoms with Crippen molar-refractivity contribution < 1.29 is 0 Å².